The molecular weight excluding hydrogens is 310 g/mol. The molecule has 1 atom stereocenters. The number of aryl methyl sites for hydroxylation is 1. The van der Waals surface area contributed by atoms with E-state index in [1.165, 1.54) is 4.88 Å². The van der Waals surface area contributed by atoms with Crippen LogP contribution in [0.15, 0.2) is 28.3 Å². The van der Waals surface area contributed by atoms with Crippen LogP contribution in [0, 0.1) is 0 Å². The Morgan fingerprint density at radius 1 is 1.50 bits per heavy atom. The minimum atomic E-state index is 0.191. The number of rotatable bonds is 6. The van der Waals surface area contributed by atoms with Gasteiger partial charge in [-0.25, -0.2) is 4.98 Å². The maximum Gasteiger partial charge on any atom is 0.131 e. The van der Waals surface area contributed by atoms with Crippen LogP contribution in [0.5, 0.6) is 0 Å². The van der Waals surface area contributed by atoms with Crippen LogP contribution in [0.2, 0.25) is 0 Å². The number of nitrogens with one attached hydrogen (secondary N) is 1. The monoisotopic (exact) mass is 327 g/mol. The first-order valence-corrected chi connectivity index (χ1v) is 7.91. The molecule has 0 aliphatic heterocycles. The first kappa shape index (κ1) is 13.8. The summed E-state index contributed by atoms with van der Waals surface area (Å²) in [5.41, 5.74) is 0. The third-order valence-electron chi connectivity index (χ3n) is 2.82. The van der Waals surface area contributed by atoms with E-state index in [4.69, 9.17) is 0 Å². The molecule has 0 fully saturated rings. The fraction of sp³-hybridized carbons (Fsp3) is 0.462. The van der Waals surface area contributed by atoms with Crippen molar-refractivity contribution in [2.45, 2.75) is 32.9 Å². The van der Waals surface area contributed by atoms with E-state index < -0.39 is 0 Å². The van der Waals surface area contributed by atoms with Crippen LogP contribution in [-0.4, -0.2) is 16.1 Å². The third kappa shape index (κ3) is 3.02. The first-order chi connectivity index (χ1) is 8.76. The van der Waals surface area contributed by atoms with E-state index in [0.717, 1.165) is 29.8 Å². The normalized spacial score (nSPS) is 12.8. The van der Waals surface area contributed by atoms with Gasteiger partial charge in [-0.3, -0.25) is 0 Å². The van der Waals surface area contributed by atoms with Gasteiger partial charge in [-0.2, -0.15) is 0 Å². The Labute approximate surface area is 120 Å². The maximum absolute atomic E-state index is 4.52. The summed E-state index contributed by atoms with van der Waals surface area (Å²) in [5, 5.41) is 5.70. The summed E-state index contributed by atoms with van der Waals surface area (Å²) in [6.07, 6.45) is 5.04. The number of nitrogens with zero attached hydrogens (tertiary/aromatic N) is 2. The van der Waals surface area contributed by atoms with Crippen LogP contribution < -0.4 is 5.32 Å². The highest BCUT2D eigenvalue weighted by atomic mass is 79.9. The van der Waals surface area contributed by atoms with E-state index >= 15 is 0 Å². The molecule has 5 heteroatoms. The minimum absolute atomic E-state index is 0.191. The molecule has 2 heterocycles. The Hall–Kier alpha value is -0.650. The van der Waals surface area contributed by atoms with Crippen molar-refractivity contribution in [3.63, 3.8) is 0 Å². The van der Waals surface area contributed by atoms with Gasteiger partial charge in [0.25, 0.3) is 0 Å². The Morgan fingerprint density at radius 2 is 2.33 bits per heavy atom. The van der Waals surface area contributed by atoms with E-state index in [0.29, 0.717) is 0 Å². The van der Waals surface area contributed by atoms with Crippen molar-refractivity contribution in [3.05, 3.63) is 39.0 Å². The van der Waals surface area contributed by atoms with E-state index in [1.54, 1.807) is 11.3 Å². The van der Waals surface area contributed by atoms with Gasteiger partial charge >= 0.3 is 0 Å². The van der Waals surface area contributed by atoms with Crippen LogP contribution in [0.3, 0.4) is 0 Å². The maximum atomic E-state index is 4.52. The van der Waals surface area contributed by atoms with Gasteiger partial charge in [0, 0.05) is 33.7 Å². The summed E-state index contributed by atoms with van der Waals surface area (Å²) in [7, 11) is 0. The van der Waals surface area contributed by atoms with Crippen molar-refractivity contribution in [1.82, 2.24) is 14.9 Å². The molecular formula is C13H18BrN3S. The van der Waals surface area contributed by atoms with Crippen molar-refractivity contribution in [2.24, 2.45) is 0 Å². The lowest BCUT2D eigenvalue weighted by atomic mass is 10.2. The van der Waals surface area contributed by atoms with Gasteiger partial charge in [0.2, 0.25) is 0 Å². The Morgan fingerprint density at radius 3 is 2.94 bits per heavy atom. The van der Waals surface area contributed by atoms with Crippen molar-refractivity contribution < 1.29 is 0 Å². The molecule has 0 aliphatic rings. The van der Waals surface area contributed by atoms with E-state index in [-0.39, 0.29) is 6.04 Å². The van der Waals surface area contributed by atoms with Crippen molar-refractivity contribution in [1.29, 1.82) is 0 Å². The second-order valence-electron chi connectivity index (χ2n) is 4.13. The number of thiophene rings is 1. The molecule has 0 bridgehead atoms. The molecule has 18 heavy (non-hydrogen) atoms. The molecule has 2 aromatic rings. The van der Waals surface area contributed by atoms with Crippen LogP contribution >= 0.6 is 27.3 Å². The standard InChI is InChI=1S/C13H18BrN3S/c1-3-5-15-12(11-8-10(14)9-18-11)13-16-6-7-17(13)4-2/h6-9,12,15H,3-5H2,1-2H3. The second-order valence-corrected chi connectivity index (χ2v) is 5.98. The predicted molar refractivity (Wildman–Crippen MR) is 80.1 cm³/mol. The smallest absolute Gasteiger partial charge is 0.131 e. The summed E-state index contributed by atoms with van der Waals surface area (Å²) in [6.45, 7) is 6.27. The van der Waals surface area contributed by atoms with Gasteiger partial charge in [-0.1, -0.05) is 6.92 Å². The zero-order valence-corrected chi connectivity index (χ0v) is 13.1. The Bertz CT molecular complexity index is 492. The Kier molecular flexibility index (Phi) is 4.97. The highest BCUT2D eigenvalue weighted by Crippen LogP contribution is 2.29. The summed E-state index contributed by atoms with van der Waals surface area (Å²) < 4.78 is 3.33. The lowest BCUT2D eigenvalue weighted by molar-refractivity contribution is 0.547. The molecule has 0 saturated heterocycles. The van der Waals surface area contributed by atoms with Gasteiger partial charge in [-0.05, 0) is 41.9 Å². The molecule has 3 nitrogen and oxygen atoms in total. The lowest BCUT2D eigenvalue weighted by Crippen LogP contribution is -2.25. The number of halogens is 1. The predicted octanol–water partition coefficient (Wildman–Crippen LogP) is 3.82. The number of hydrogen-bond acceptors (Lipinski definition) is 3. The molecule has 2 aromatic heterocycles. The average Bonchev–Trinajstić information content (AvgIpc) is 2.99. The zero-order valence-electron chi connectivity index (χ0n) is 10.7. The fourth-order valence-corrected chi connectivity index (χ4v) is 3.45. The molecule has 2 rings (SSSR count). The second kappa shape index (κ2) is 6.50. The SMILES string of the molecule is CCCNC(c1cc(Br)cs1)c1nccn1CC. The van der Waals surface area contributed by atoms with Gasteiger partial charge in [0.1, 0.15) is 11.9 Å². The first-order valence-electron chi connectivity index (χ1n) is 6.24. The van der Waals surface area contributed by atoms with E-state index in [9.17, 15) is 0 Å². The van der Waals surface area contributed by atoms with Gasteiger partial charge in [0.05, 0.1) is 0 Å². The lowest BCUT2D eigenvalue weighted by Gasteiger charge is -2.17. The van der Waals surface area contributed by atoms with Crippen LogP contribution in [0.4, 0.5) is 0 Å². The van der Waals surface area contributed by atoms with Crippen LogP contribution in [0.1, 0.15) is 37.0 Å². The number of hydrogen-bond donors (Lipinski definition) is 1. The van der Waals surface area contributed by atoms with Gasteiger partial charge in [0.15, 0.2) is 0 Å². The summed E-state index contributed by atoms with van der Waals surface area (Å²) in [4.78, 5) is 5.82. The largest absolute Gasteiger partial charge is 0.334 e. The molecule has 0 radical (unpaired) electrons. The van der Waals surface area contributed by atoms with Crippen molar-refractivity contribution in [2.75, 3.05) is 6.54 Å². The molecule has 0 aliphatic carbocycles. The molecule has 0 amide bonds. The molecule has 1 unspecified atom stereocenters. The quantitative estimate of drug-likeness (QED) is 0.874. The van der Waals surface area contributed by atoms with Crippen LogP contribution in [0.25, 0.3) is 0 Å². The molecule has 0 saturated carbocycles. The third-order valence-corrected chi connectivity index (χ3v) is 4.58. The zero-order chi connectivity index (χ0) is 13.0. The Balaban J connectivity index is 2.30. The van der Waals surface area contributed by atoms with E-state index in [1.807, 2.05) is 12.4 Å². The van der Waals surface area contributed by atoms with Crippen molar-refractivity contribution in [3.8, 4) is 0 Å². The molecule has 0 spiro atoms. The van der Waals surface area contributed by atoms with Crippen LogP contribution in [-0.2, 0) is 6.54 Å². The van der Waals surface area contributed by atoms with Crippen molar-refractivity contribution >= 4 is 27.3 Å². The summed E-state index contributed by atoms with van der Waals surface area (Å²) in [6, 6.07) is 2.36. The molecule has 98 valence electrons. The summed E-state index contributed by atoms with van der Waals surface area (Å²) >= 11 is 5.29. The summed E-state index contributed by atoms with van der Waals surface area (Å²) in [5.74, 6) is 1.10. The average molecular weight is 328 g/mol. The molecule has 0 aromatic carbocycles. The van der Waals surface area contributed by atoms with E-state index in [2.05, 4.69) is 56.1 Å². The minimum Gasteiger partial charge on any atom is -0.334 e. The molecule has 1 N–H and O–H groups in total. The number of imidazole rings is 1. The fourth-order valence-electron chi connectivity index (χ4n) is 1.94. The van der Waals surface area contributed by atoms with Gasteiger partial charge < -0.3 is 9.88 Å². The van der Waals surface area contributed by atoms with Gasteiger partial charge in [-0.15, -0.1) is 11.3 Å². The highest BCUT2D eigenvalue weighted by molar-refractivity contribution is 9.10. The topological polar surface area (TPSA) is 29.9 Å². The highest BCUT2D eigenvalue weighted by Gasteiger charge is 2.19. The number of aromatic nitrogens is 2.